The van der Waals surface area contributed by atoms with Crippen LogP contribution in [0.5, 0.6) is 0 Å². The normalized spacial score (nSPS) is 10.7. The van der Waals surface area contributed by atoms with Crippen LogP contribution in [0, 0.1) is 11.6 Å². The molecule has 1 aromatic heterocycles. The van der Waals surface area contributed by atoms with Gasteiger partial charge in [0.05, 0.1) is 17.7 Å². The van der Waals surface area contributed by atoms with Crippen molar-refractivity contribution in [3.8, 4) is 11.3 Å². The first-order valence-corrected chi connectivity index (χ1v) is 5.35. The number of hydrogen-bond donors (Lipinski definition) is 2. The van der Waals surface area contributed by atoms with Crippen LogP contribution in [0.4, 0.5) is 8.78 Å². The average Bonchev–Trinajstić information content (AvgIpc) is 2.60. The van der Waals surface area contributed by atoms with E-state index in [2.05, 4.69) is 5.10 Å². The highest BCUT2D eigenvalue weighted by Crippen LogP contribution is 2.22. The van der Waals surface area contributed by atoms with E-state index < -0.39 is 29.6 Å². The van der Waals surface area contributed by atoms with Crippen molar-refractivity contribution in [3.63, 3.8) is 0 Å². The van der Waals surface area contributed by atoms with Crippen molar-refractivity contribution in [1.29, 1.82) is 0 Å². The predicted octanol–water partition coefficient (Wildman–Crippen LogP) is 1.29. The summed E-state index contributed by atoms with van der Waals surface area (Å²) in [6.45, 7) is 0. The lowest BCUT2D eigenvalue weighted by Gasteiger charge is -2.02. The van der Waals surface area contributed by atoms with Crippen LogP contribution in [0.1, 0.15) is 5.56 Å². The number of aromatic amines is 1. The fraction of sp³-hybridized carbons (Fsp3) is 0.167. The van der Waals surface area contributed by atoms with E-state index >= 15 is 0 Å². The van der Waals surface area contributed by atoms with E-state index in [1.54, 1.807) is 0 Å². The van der Waals surface area contributed by atoms with Crippen LogP contribution < -0.4 is 5.56 Å². The number of carbonyl (C=O) groups is 1. The zero-order chi connectivity index (χ0) is 14.2. The van der Waals surface area contributed by atoms with E-state index in [9.17, 15) is 18.4 Å². The van der Waals surface area contributed by atoms with Gasteiger partial charge >= 0.3 is 5.97 Å². The van der Waals surface area contributed by atoms with Crippen molar-refractivity contribution < 1.29 is 18.7 Å². The van der Waals surface area contributed by atoms with Crippen LogP contribution in [0.3, 0.4) is 0 Å². The second-order valence-electron chi connectivity index (χ2n) is 4.03. The van der Waals surface area contributed by atoms with Crippen LogP contribution in [0.2, 0.25) is 0 Å². The lowest BCUT2D eigenvalue weighted by atomic mass is 10.1. The van der Waals surface area contributed by atoms with Crippen molar-refractivity contribution >= 4 is 5.97 Å². The van der Waals surface area contributed by atoms with E-state index in [1.165, 1.54) is 13.1 Å². The second kappa shape index (κ2) is 4.68. The third-order valence-electron chi connectivity index (χ3n) is 2.68. The van der Waals surface area contributed by atoms with Gasteiger partial charge in [0.2, 0.25) is 0 Å². The standard InChI is InChI=1S/C12H10F2N2O3/c1-16-12(19)7(5-10(17)18)11(15-16)6-2-3-8(13)9(14)4-6/h2-4,15H,5H2,1H3,(H,17,18). The molecule has 5 nitrogen and oxygen atoms in total. The number of nitrogens with one attached hydrogen (secondary N) is 1. The zero-order valence-corrected chi connectivity index (χ0v) is 9.91. The van der Waals surface area contributed by atoms with Gasteiger partial charge in [-0.25, -0.2) is 8.78 Å². The molecule has 0 saturated heterocycles. The molecule has 2 N–H and O–H groups in total. The van der Waals surface area contributed by atoms with Crippen molar-refractivity contribution in [1.82, 2.24) is 9.78 Å². The highest BCUT2D eigenvalue weighted by Gasteiger charge is 2.17. The average molecular weight is 268 g/mol. The summed E-state index contributed by atoms with van der Waals surface area (Å²) in [5.74, 6) is -3.26. The minimum absolute atomic E-state index is 0.000933. The van der Waals surface area contributed by atoms with E-state index in [4.69, 9.17) is 5.11 Å². The van der Waals surface area contributed by atoms with Gasteiger partial charge in [0.1, 0.15) is 0 Å². The van der Waals surface area contributed by atoms with Crippen LogP contribution in [0.15, 0.2) is 23.0 Å². The summed E-state index contributed by atoms with van der Waals surface area (Å²) < 4.78 is 27.1. The van der Waals surface area contributed by atoms with Crippen LogP contribution >= 0.6 is 0 Å². The van der Waals surface area contributed by atoms with Crippen LogP contribution in [0.25, 0.3) is 11.3 Å². The van der Waals surface area contributed by atoms with Crippen LogP contribution in [-0.4, -0.2) is 20.9 Å². The Labute approximate surface area is 106 Å². The molecule has 0 radical (unpaired) electrons. The number of halogens is 2. The molecule has 2 rings (SSSR count). The largest absolute Gasteiger partial charge is 0.481 e. The molecule has 0 aliphatic rings. The monoisotopic (exact) mass is 268 g/mol. The number of nitrogens with zero attached hydrogens (tertiary/aromatic N) is 1. The topological polar surface area (TPSA) is 75.1 Å². The van der Waals surface area contributed by atoms with Gasteiger partial charge in [-0.05, 0) is 18.2 Å². The van der Waals surface area contributed by atoms with Gasteiger partial charge in [-0.2, -0.15) is 0 Å². The van der Waals surface area contributed by atoms with Gasteiger partial charge in [0, 0.05) is 12.6 Å². The Morgan fingerprint density at radius 2 is 2.05 bits per heavy atom. The number of rotatable bonds is 3. The number of carboxylic acid groups (broad SMARTS) is 1. The molecule has 0 fully saturated rings. The van der Waals surface area contributed by atoms with Gasteiger partial charge in [-0.15, -0.1) is 0 Å². The number of benzene rings is 1. The van der Waals surface area contributed by atoms with Gasteiger partial charge in [-0.3, -0.25) is 19.4 Å². The zero-order valence-electron chi connectivity index (χ0n) is 9.91. The van der Waals surface area contributed by atoms with Gasteiger partial charge in [0.25, 0.3) is 5.56 Å². The van der Waals surface area contributed by atoms with Crippen molar-refractivity contribution in [2.45, 2.75) is 6.42 Å². The quantitative estimate of drug-likeness (QED) is 0.880. The second-order valence-corrected chi connectivity index (χ2v) is 4.03. The first-order chi connectivity index (χ1) is 8.90. The van der Waals surface area contributed by atoms with Crippen LogP contribution in [-0.2, 0) is 18.3 Å². The number of aromatic nitrogens is 2. The van der Waals surface area contributed by atoms with Crippen molar-refractivity contribution in [3.05, 3.63) is 45.8 Å². The van der Waals surface area contributed by atoms with Gasteiger partial charge in [0.15, 0.2) is 11.6 Å². The third-order valence-corrected chi connectivity index (χ3v) is 2.68. The molecule has 0 spiro atoms. The smallest absolute Gasteiger partial charge is 0.308 e. The first-order valence-electron chi connectivity index (χ1n) is 5.35. The summed E-state index contributed by atoms with van der Waals surface area (Å²) in [5.41, 5.74) is -0.121. The number of aliphatic carboxylic acids is 1. The Morgan fingerprint density at radius 3 is 2.63 bits per heavy atom. The fourth-order valence-corrected chi connectivity index (χ4v) is 1.80. The molecule has 0 atom stereocenters. The Hall–Kier alpha value is -2.44. The minimum Gasteiger partial charge on any atom is -0.481 e. The molecule has 0 bridgehead atoms. The SMILES string of the molecule is Cn1[nH]c(-c2ccc(F)c(F)c2)c(CC(=O)O)c1=O. The molecule has 0 aliphatic heterocycles. The molecule has 19 heavy (non-hydrogen) atoms. The van der Waals surface area contributed by atoms with Gasteiger partial charge < -0.3 is 5.11 Å². The number of carboxylic acids is 1. The lowest BCUT2D eigenvalue weighted by Crippen LogP contribution is -2.17. The molecule has 1 aromatic carbocycles. The number of aryl methyl sites for hydroxylation is 1. The van der Waals surface area contributed by atoms with Gasteiger partial charge in [-0.1, -0.05) is 0 Å². The molecule has 0 amide bonds. The molecular formula is C12H10F2N2O3. The Bertz CT molecular complexity index is 703. The minimum atomic E-state index is -1.18. The Balaban J connectivity index is 2.61. The molecule has 100 valence electrons. The summed E-state index contributed by atoms with van der Waals surface area (Å²) in [7, 11) is 1.41. The summed E-state index contributed by atoms with van der Waals surface area (Å²) in [5, 5.41) is 11.4. The maximum atomic E-state index is 13.2. The number of hydrogen-bond acceptors (Lipinski definition) is 2. The Morgan fingerprint density at radius 1 is 1.37 bits per heavy atom. The maximum Gasteiger partial charge on any atom is 0.308 e. The molecule has 2 aromatic rings. The molecule has 0 unspecified atom stereocenters. The van der Waals surface area contributed by atoms with Crippen molar-refractivity contribution in [2.75, 3.05) is 0 Å². The lowest BCUT2D eigenvalue weighted by molar-refractivity contribution is -0.136. The number of H-pyrrole nitrogens is 1. The summed E-state index contributed by atoms with van der Waals surface area (Å²) in [6, 6.07) is 3.10. The highest BCUT2D eigenvalue weighted by atomic mass is 19.2. The van der Waals surface area contributed by atoms with E-state index in [-0.39, 0.29) is 16.8 Å². The van der Waals surface area contributed by atoms with Crippen molar-refractivity contribution in [2.24, 2.45) is 7.05 Å². The van der Waals surface area contributed by atoms with E-state index in [1.807, 2.05) is 0 Å². The fourth-order valence-electron chi connectivity index (χ4n) is 1.80. The Kier molecular flexibility index (Phi) is 3.20. The molecule has 0 saturated carbocycles. The molecule has 7 heteroatoms. The summed E-state index contributed by atoms with van der Waals surface area (Å²) >= 11 is 0. The van der Waals surface area contributed by atoms with E-state index in [0.29, 0.717) is 0 Å². The summed E-state index contributed by atoms with van der Waals surface area (Å²) in [6.07, 6.45) is -0.496. The first kappa shape index (κ1) is 13.0. The molecule has 1 heterocycles. The maximum absolute atomic E-state index is 13.2. The molecule has 0 aliphatic carbocycles. The summed E-state index contributed by atoms with van der Waals surface area (Å²) in [4.78, 5) is 22.5. The third kappa shape index (κ3) is 2.40. The highest BCUT2D eigenvalue weighted by molar-refractivity contribution is 5.74. The van der Waals surface area contributed by atoms with E-state index in [0.717, 1.165) is 16.8 Å². The molecular weight excluding hydrogens is 258 g/mol. The predicted molar refractivity (Wildman–Crippen MR) is 62.7 cm³/mol.